The Kier molecular flexibility index (Phi) is 4.99. The van der Waals surface area contributed by atoms with Crippen LogP contribution in [-0.4, -0.2) is 29.9 Å². The molecule has 1 aliphatic carbocycles. The normalized spacial score (nSPS) is 22.5. The van der Waals surface area contributed by atoms with E-state index in [4.69, 9.17) is 5.73 Å². The quantitative estimate of drug-likeness (QED) is 0.925. The van der Waals surface area contributed by atoms with Crippen molar-refractivity contribution in [2.45, 2.75) is 32.2 Å². The molecule has 0 aromatic heterocycles. The Hall–Kier alpha value is -0.870. The van der Waals surface area contributed by atoms with Crippen LogP contribution in [0.4, 0.5) is 0 Å². The van der Waals surface area contributed by atoms with Crippen LogP contribution in [0.1, 0.15) is 36.5 Å². The minimum atomic E-state index is 0.111. The Bertz CT molecular complexity index is 450. The number of amides is 1. The second-order valence-electron chi connectivity index (χ2n) is 5.07. The van der Waals surface area contributed by atoms with Crippen molar-refractivity contribution in [1.29, 1.82) is 0 Å². The van der Waals surface area contributed by atoms with Crippen LogP contribution in [0.5, 0.6) is 0 Å². The number of hydrogen-bond donors (Lipinski definition) is 1. The van der Waals surface area contributed by atoms with E-state index in [1.807, 2.05) is 36.1 Å². The van der Waals surface area contributed by atoms with E-state index in [-0.39, 0.29) is 5.91 Å². The maximum absolute atomic E-state index is 12.7. The molecule has 104 valence electrons. The molecule has 0 radical (unpaired) electrons. The van der Waals surface area contributed by atoms with Gasteiger partial charge in [-0.05, 0) is 60.3 Å². The van der Waals surface area contributed by atoms with Crippen molar-refractivity contribution < 1.29 is 4.79 Å². The fourth-order valence-corrected chi connectivity index (χ4v) is 3.47. The molecule has 2 atom stereocenters. The summed E-state index contributed by atoms with van der Waals surface area (Å²) in [5, 5.41) is 0. The molecule has 1 fully saturated rings. The van der Waals surface area contributed by atoms with E-state index in [2.05, 4.69) is 15.9 Å². The summed E-state index contributed by atoms with van der Waals surface area (Å²) in [5.41, 5.74) is 6.58. The molecule has 2 unspecified atom stereocenters. The summed E-state index contributed by atoms with van der Waals surface area (Å²) in [6, 6.07) is 7.92. The molecule has 19 heavy (non-hydrogen) atoms. The predicted molar refractivity (Wildman–Crippen MR) is 81.0 cm³/mol. The second-order valence-corrected chi connectivity index (χ2v) is 5.92. The van der Waals surface area contributed by atoms with E-state index in [0.717, 1.165) is 29.4 Å². The Morgan fingerprint density at radius 2 is 2.16 bits per heavy atom. The van der Waals surface area contributed by atoms with Gasteiger partial charge in [-0.2, -0.15) is 0 Å². The number of carbonyl (C=O) groups is 1. The van der Waals surface area contributed by atoms with Crippen molar-refractivity contribution in [2.24, 2.45) is 11.7 Å². The van der Waals surface area contributed by atoms with Crippen LogP contribution in [0, 0.1) is 5.92 Å². The third kappa shape index (κ3) is 3.00. The molecule has 3 nitrogen and oxygen atoms in total. The third-order valence-electron chi connectivity index (χ3n) is 4.03. The van der Waals surface area contributed by atoms with Gasteiger partial charge in [-0.15, -0.1) is 0 Å². The van der Waals surface area contributed by atoms with Gasteiger partial charge in [0.25, 0.3) is 5.91 Å². The lowest BCUT2D eigenvalue weighted by Crippen LogP contribution is -2.44. The molecule has 0 heterocycles. The van der Waals surface area contributed by atoms with Crippen LogP contribution in [0.2, 0.25) is 0 Å². The summed E-state index contributed by atoms with van der Waals surface area (Å²) in [7, 11) is 0. The topological polar surface area (TPSA) is 46.3 Å². The molecule has 1 aromatic carbocycles. The van der Waals surface area contributed by atoms with Crippen molar-refractivity contribution in [1.82, 2.24) is 4.90 Å². The van der Waals surface area contributed by atoms with E-state index >= 15 is 0 Å². The molecule has 1 aromatic rings. The first-order chi connectivity index (χ1) is 9.19. The molecular formula is C15H21BrN2O. The van der Waals surface area contributed by atoms with Gasteiger partial charge in [-0.1, -0.05) is 18.6 Å². The van der Waals surface area contributed by atoms with Gasteiger partial charge in [0.15, 0.2) is 0 Å². The summed E-state index contributed by atoms with van der Waals surface area (Å²) in [5.74, 6) is 0.562. The van der Waals surface area contributed by atoms with Gasteiger partial charge in [-0.3, -0.25) is 4.79 Å². The summed E-state index contributed by atoms with van der Waals surface area (Å²) in [6.45, 7) is 3.45. The molecule has 1 saturated carbocycles. The molecule has 0 spiro atoms. The van der Waals surface area contributed by atoms with Crippen molar-refractivity contribution in [3.05, 3.63) is 34.3 Å². The smallest absolute Gasteiger partial charge is 0.255 e. The van der Waals surface area contributed by atoms with Gasteiger partial charge in [0.2, 0.25) is 0 Å². The molecule has 1 amide bonds. The average molecular weight is 325 g/mol. The van der Waals surface area contributed by atoms with Gasteiger partial charge in [0.05, 0.1) is 5.56 Å². The van der Waals surface area contributed by atoms with Crippen LogP contribution >= 0.6 is 15.9 Å². The van der Waals surface area contributed by atoms with Crippen LogP contribution in [-0.2, 0) is 0 Å². The predicted octanol–water partition coefficient (Wildman–Crippen LogP) is 3.04. The average Bonchev–Trinajstić information content (AvgIpc) is 2.88. The highest BCUT2D eigenvalue weighted by Crippen LogP contribution is 2.31. The van der Waals surface area contributed by atoms with Crippen molar-refractivity contribution >= 4 is 21.8 Å². The molecule has 0 bridgehead atoms. The van der Waals surface area contributed by atoms with Gasteiger partial charge in [-0.25, -0.2) is 0 Å². The van der Waals surface area contributed by atoms with E-state index in [1.54, 1.807) is 0 Å². The first kappa shape index (κ1) is 14.5. The minimum Gasteiger partial charge on any atom is -0.336 e. The standard InChI is InChI=1S/C15H21BrN2O/c1-2-18(14-9-5-6-11(14)10-17)15(19)12-7-3-4-8-13(12)16/h3-4,7-8,11,14H,2,5-6,9-10,17H2,1H3. The largest absolute Gasteiger partial charge is 0.336 e. The highest BCUT2D eigenvalue weighted by atomic mass is 79.9. The number of nitrogens with zero attached hydrogens (tertiary/aromatic N) is 1. The van der Waals surface area contributed by atoms with Gasteiger partial charge in [0.1, 0.15) is 0 Å². The van der Waals surface area contributed by atoms with Crippen molar-refractivity contribution in [3.63, 3.8) is 0 Å². The molecule has 0 aliphatic heterocycles. The molecule has 4 heteroatoms. The lowest BCUT2D eigenvalue weighted by molar-refractivity contribution is 0.0651. The lowest BCUT2D eigenvalue weighted by atomic mass is 10.0. The number of carbonyl (C=O) groups excluding carboxylic acids is 1. The number of hydrogen-bond acceptors (Lipinski definition) is 2. The van der Waals surface area contributed by atoms with E-state index in [0.29, 0.717) is 18.5 Å². The van der Waals surface area contributed by atoms with Gasteiger partial charge >= 0.3 is 0 Å². The molecular weight excluding hydrogens is 304 g/mol. The van der Waals surface area contributed by atoms with Crippen LogP contribution in [0.15, 0.2) is 28.7 Å². The Balaban J connectivity index is 2.22. The summed E-state index contributed by atoms with van der Waals surface area (Å²) in [6.07, 6.45) is 3.39. The molecule has 0 saturated heterocycles. The van der Waals surface area contributed by atoms with Gasteiger partial charge < -0.3 is 10.6 Å². The highest BCUT2D eigenvalue weighted by Gasteiger charge is 2.33. The molecule has 2 N–H and O–H groups in total. The maximum Gasteiger partial charge on any atom is 0.255 e. The SMILES string of the molecule is CCN(C(=O)c1ccccc1Br)C1CCCC1CN. The van der Waals surface area contributed by atoms with Crippen molar-refractivity contribution in [3.8, 4) is 0 Å². The zero-order valence-electron chi connectivity index (χ0n) is 11.3. The second kappa shape index (κ2) is 6.53. The molecule has 2 rings (SSSR count). The van der Waals surface area contributed by atoms with Crippen LogP contribution in [0.25, 0.3) is 0 Å². The Labute approximate surface area is 123 Å². The number of benzene rings is 1. The lowest BCUT2D eigenvalue weighted by Gasteiger charge is -2.32. The summed E-state index contributed by atoms with van der Waals surface area (Å²) < 4.78 is 0.862. The zero-order valence-corrected chi connectivity index (χ0v) is 12.9. The molecule has 1 aliphatic rings. The number of rotatable bonds is 4. The van der Waals surface area contributed by atoms with Crippen molar-refractivity contribution in [2.75, 3.05) is 13.1 Å². The summed E-state index contributed by atoms with van der Waals surface area (Å²) in [4.78, 5) is 14.7. The first-order valence-corrected chi connectivity index (χ1v) is 7.73. The summed E-state index contributed by atoms with van der Waals surface area (Å²) >= 11 is 3.46. The minimum absolute atomic E-state index is 0.111. The van der Waals surface area contributed by atoms with E-state index in [9.17, 15) is 4.79 Å². The number of halogens is 1. The van der Waals surface area contributed by atoms with Crippen LogP contribution in [0.3, 0.4) is 0 Å². The number of nitrogens with two attached hydrogens (primary N) is 1. The fraction of sp³-hybridized carbons (Fsp3) is 0.533. The van der Waals surface area contributed by atoms with Gasteiger partial charge in [0, 0.05) is 17.1 Å². The monoisotopic (exact) mass is 324 g/mol. The Morgan fingerprint density at radius 3 is 2.79 bits per heavy atom. The van der Waals surface area contributed by atoms with Crippen LogP contribution < -0.4 is 5.73 Å². The zero-order chi connectivity index (χ0) is 13.8. The maximum atomic E-state index is 12.7. The van der Waals surface area contributed by atoms with E-state index < -0.39 is 0 Å². The highest BCUT2D eigenvalue weighted by molar-refractivity contribution is 9.10. The van der Waals surface area contributed by atoms with E-state index in [1.165, 1.54) is 6.42 Å². The Morgan fingerprint density at radius 1 is 1.42 bits per heavy atom. The third-order valence-corrected chi connectivity index (χ3v) is 4.72. The fourth-order valence-electron chi connectivity index (χ4n) is 3.02. The first-order valence-electron chi connectivity index (χ1n) is 6.94.